The van der Waals surface area contributed by atoms with Crippen LogP contribution in [0.2, 0.25) is 0 Å². The number of rotatable bonds is 11. The number of nitrogens with zero attached hydrogens (tertiary/aromatic N) is 3. The standard InChI is InChI=1S/C28H32N6O4/c1-4-21(35)16-19-8-6-7-9-23(19)31-26-22(27(36)29-5-2)18-30-28(33-26)32-24-11-10-20(17-25(24)37-3)34-12-14-38-15-13-34/h4,6-11,17-18H,1,5,12-16H2,2-3H3,(H,29,36)(H2,30,31,32,33). The van der Waals surface area contributed by atoms with Crippen molar-refractivity contribution in [3.63, 3.8) is 0 Å². The van der Waals surface area contributed by atoms with E-state index >= 15 is 0 Å². The van der Waals surface area contributed by atoms with Crippen molar-refractivity contribution in [1.29, 1.82) is 0 Å². The number of amides is 1. The first-order valence-corrected chi connectivity index (χ1v) is 12.5. The Morgan fingerprint density at radius 2 is 1.92 bits per heavy atom. The number of allylic oxidation sites excluding steroid dienone is 1. The Hall–Kier alpha value is -4.44. The lowest BCUT2D eigenvalue weighted by atomic mass is 10.1. The van der Waals surface area contributed by atoms with E-state index in [-0.39, 0.29) is 29.6 Å². The lowest BCUT2D eigenvalue weighted by Crippen LogP contribution is -2.36. The first-order chi connectivity index (χ1) is 18.5. The van der Waals surface area contributed by atoms with Crippen molar-refractivity contribution in [2.75, 3.05) is 55.5 Å². The van der Waals surface area contributed by atoms with Crippen molar-refractivity contribution in [1.82, 2.24) is 15.3 Å². The van der Waals surface area contributed by atoms with Gasteiger partial charge in [-0.3, -0.25) is 9.59 Å². The molecule has 0 spiro atoms. The Kier molecular flexibility index (Phi) is 8.89. The van der Waals surface area contributed by atoms with E-state index in [0.29, 0.717) is 42.7 Å². The maximum atomic E-state index is 12.8. The van der Waals surface area contributed by atoms with Gasteiger partial charge in [0.25, 0.3) is 5.91 Å². The van der Waals surface area contributed by atoms with Crippen molar-refractivity contribution in [2.45, 2.75) is 13.3 Å². The third kappa shape index (κ3) is 6.46. The number of nitrogens with one attached hydrogen (secondary N) is 3. The van der Waals surface area contributed by atoms with Crippen LogP contribution < -0.4 is 25.6 Å². The molecule has 0 saturated carbocycles. The van der Waals surface area contributed by atoms with E-state index in [1.54, 1.807) is 7.11 Å². The van der Waals surface area contributed by atoms with E-state index in [1.165, 1.54) is 12.3 Å². The largest absolute Gasteiger partial charge is 0.494 e. The minimum absolute atomic E-state index is 0.110. The summed E-state index contributed by atoms with van der Waals surface area (Å²) in [4.78, 5) is 36.0. The van der Waals surface area contributed by atoms with Crippen molar-refractivity contribution < 1.29 is 19.1 Å². The molecular formula is C28H32N6O4. The maximum Gasteiger partial charge on any atom is 0.256 e. The van der Waals surface area contributed by atoms with Crippen LogP contribution in [0.25, 0.3) is 0 Å². The number of morpholine rings is 1. The molecule has 3 aromatic rings. The van der Waals surface area contributed by atoms with Gasteiger partial charge in [0.15, 0.2) is 5.78 Å². The topological polar surface area (TPSA) is 118 Å². The summed E-state index contributed by atoms with van der Waals surface area (Å²) in [5, 5.41) is 9.22. The number of ketones is 1. The van der Waals surface area contributed by atoms with Crippen molar-refractivity contribution in [2.24, 2.45) is 0 Å². The summed E-state index contributed by atoms with van der Waals surface area (Å²) in [5.41, 5.74) is 3.41. The summed E-state index contributed by atoms with van der Waals surface area (Å²) in [5.74, 6) is 0.788. The van der Waals surface area contributed by atoms with Gasteiger partial charge in [-0.15, -0.1) is 0 Å². The predicted molar refractivity (Wildman–Crippen MR) is 148 cm³/mol. The molecule has 1 aromatic heterocycles. The molecule has 1 fully saturated rings. The van der Waals surface area contributed by atoms with Crippen LogP contribution in [0.3, 0.4) is 0 Å². The number of methoxy groups -OCH3 is 1. The maximum absolute atomic E-state index is 12.8. The van der Waals surface area contributed by atoms with E-state index in [2.05, 4.69) is 37.4 Å². The Bertz CT molecular complexity index is 1310. The molecule has 0 radical (unpaired) electrons. The molecule has 10 nitrogen and oxygen atoms in total. The van der Waals surface area contributed by atoms with Gasteiger partial charge >= 0.3 is 0 Å². The minimum atomic E-state index is -0.311. The average molecular weight is 517 g/mol. The van der Waals surface area contributed by atoms with Crippen LogP contribution in [-0.4, -0.2) is 61.6 Å². The Balaban J connectivity index is 1.64. The number of aromatic nitrogens is 2. The summed E-state index contributed by atoms with van der Waals surface area (Å²) < 4.78 is 11.1. The second-order valence-corrected chi connectivity index (χ2v) is 8.55. The molecule has 0 atom stereocenters. The number of anilines is 5. The lowest BCUT2D eigenvalue weighted by Gasteiger charge is -2.29. The highest BCUT2D eigenvalue weighted by Crippen LogP contribution is 2.32. The van der Waals surface area contributed by atoms with Crippen molar-refractivity contribution in [3.05, 3.63) is 72.4 Å². The smallest absolute Gasteiger partial charge is 0.256 e. The van der Waals surface area contributed by atoms with Crippen LogP contribution in [0.1, 0.15) is 22.8 Å². The Morgan fingerprint density at radius 3 is 2.66 bits per heavy atom. The third-order valence-electron chi connectivity index (χ3n) is 6.04. The highest BCUT2D eigenvalue weighted by molar-refractivity contribution is 5.99. The quantitative estimate of drug-likeness (QED) is 0.327. The lowest BCUT2D eigenvalue weighted by molar-refractivity contribution is -0.114. The van der Waals surface area contributed by atoms with Gasteiger partial charge in [0.1, 0.15) is 17.1 Å². The van der Waals surface area contributed by atoms with E-state index in [9.17, 15) is 9.59 Å². The van der Waals surface area contributed by atoms with Crippen molar-refractivity contribution >= 4 is 40.5 Å². The molecule has 2 aromatic carbocycles. The fourth-order valence-corrected chi connectivity index (χ4v) is 4.06. The van der Waals surface area contributed by atoms with Crippen molar-refractivity contribution in [3.8, 4) is 5.75 Å². The fourth-order valence-electron chi connectivity index (χ4n) is 4.06. The molecule has 0 bridgehead atoms. The molecule has 198 valence electrons. The van der Waals surface area contributed by atoms with Gasteiger partial charge in [0.05, 0.1) is 26.0 Å². The van der Waals surface area contributed by atoms with Gasteiger partial charge < -0.3 is 30.3 Å². The fraction of sp³-hybridized carbons (Fsp3) is 0.286. The van der Waals surface area contributed by atoms with Crippen LogP contribution in [0.15, 0.2) is 61.3 Å². The highest BCUT2D eigenvalue weighted by Gasteiger charge is 2.18. The Labute approximate surface area is 222 Å². The highest BCUT2D eigenvalue weighted by atomic mass is 16.5. The summed E-state index contributed by atoms with van der Waals surface area (Å²) in [6.07, 6.45) is 2.93. The first kappa shape index (κ1) is 26.6. The zero-order chi connectivity index (χ0) is 26.9. The van der Waals surface area contributed by atoms with Gasteiger partial charge in [0, 0.05) is 49.7 Å². The first-order valence-electron chi connectivity index (χ1n) is 12.5. The van der Waals surface area contributed by atoms with Gasteiger partial charge in [-0.25, -0.2) is 4.98 Å². The summed E-state index contributed by atoms with van der Waals surface area (Å²) in [6.45, 7) is 8.86. The molecule has 3 N–H and O–H groups in total. The molecule has 1 saturated heterocycles. The van der Waals surface area contributed by atoms with Crippen LogP contribution in [-0.2, 0) is 16.0 Å². The normalized spacial score (nSPS) is 12.9. The molecule has 1 aliphatic rings. The number of benzene rings is 2. The van der Waals surface area contributed by atoms with Crippen LogP contribution in [0, 0.1) is 0 Å². The Morgan fingerprint density at radius 1 is 1.13 bits per heavy atom. The molecule has 38 heavy (non-hydrogen) atoms. The summed E-state index contributed by atoms with van der Waals surface area (Å²) in [7, 11) is 1.61. The van der Waals surface area contributed by atoms with Gasteiger partial charge in [-0.05, 0) is 36.8 Å². The number of ether oxygens (including phenoxy) is 2. The molecule has 1 aliphatic heterocycles. The molecule has 4 rings (SSSR count). The summed E-state index contributed by atoms with van der Waals surface area (Å²) in [6, 6.07) is 13.2. The second-order valence-electron chi connectivity index (χ2n) is 8.55. The van der Waals surface area contributed by atoms with Crippen LogP contribution >= 0.6 is 0 Å². The van der Waals surface area contributed by atoms with E-state index in [4.69, 9.17) is 9.47 Å². The van der Waals surface area contributed by atoms with E-state index in [0.717, 1.165) is 24.3 Å². The molecule has 1 amide bonds. The number of carbonyl (C=O) groups is 2. The number of carbonyl (C=O) groups excluding carboxylic acids is 2. The minimum Gasteiger partial charge on any atom is -0.494 e. The zero-order valence-corrected chi connectivity index (χ0v) is 21.6. The van der Waals surface area contributed by atoms with Crippen LogP contribution in [0.4, 0.5) is 28.8 Å². The SMILES string of the molecule is C=CC(=O)Cc1ccccc1Nc1nc(Nc2ccc(N3CCOCC3)cc2OC)ncc1C(=O)NCC. The second kappa shape index (κ2) is 12.7. The van der Waals surface area contributed by atoms with Gasteiger partial charge in [-0.1, -0.05) is 24.8 Å². The van der Waals surface area contributed by atoms with E-state index < -0.39 is 0 Å². The molecule has 2 heterocycles. The van der Waals surface area contributed by atoms with Gasteiger partial charge in [0.2, 0.25) is 5.95 Å². The number of hydrogen-bond donors (Lipinski definition) is 3. The molecule has 10 heteroatoms. The predicted octanol–water partition coefficient (Wildman–Crippen LogP) is 3.86. The monoisotopic (exact) mass is 516 g/mol. The number of para-hydroxylation sites is 1. The zero-order valence-electron chi connectivity index (χ0n) is 21.6. The molecular weight excluding hydrogens is 484 g/mol. The summed E-state index contributed by atoms with van der Waals surface area (Å²) >= 11 is 0. The average Bonchev–Trinajstić information content (AvgIpc) is 2.95. The third-order valence-corrected chi connectivity index (χ3v) is 6.04. The molecule has 0 aliphatic carbocycles. The van der Waals surface area contributed by atoms with Gasteiger partial charge in [-0.2, -0.15) is 4.98 Å². The molecule has 0 unspecified atom stereocenters. The van der Waals surface area contributed by atoms with E-state index in [1.807, 2.05) is 49.4 Å². The number of hydrogen-bond acceptors (Lipinski definition) is 9. The van der Waals surface area contributed by atoms with Crippen LogP contribution in [0.5, 0.6) is 5.75 Å².